The number of thiophene rings is 1. The van der Waals surface area contributed by atoms with Crippen LogP contribution in [0.4, 0.5) is 14.5 Å². The monoisotopic (exact) mass is 565 g/mol. The van der Waals surface area contributed by atoms with Crippen LogP contribution in [-0.4, -0.2) is 66.6 Å². The summed E-state index contributed by atoms with van der Waals surface area (Å²) < 4.78 is 35.5. The zero-order valence-corrected chi connectivity index (χ0v) is 22.5. The molecule has 0 bridgehead atoms. The highest BCUT2D eigenvalue weighted by atomic mass is 32.1. The number of nitrogens with two attached hydrogens (primary N) is 2. The predicted octanol–water partition coefficient (Wildman–Crippen LogP) is 3.95. The highest BCUT2D eigenvalue weighted by molar-refractivity contribution is 7.18. The normalized spacial score (nSPS) is 21.5. The van der Waals surface area contributed by atoms with Crippen molar-refractivity contribution in [2.75, 3.05) is 32.0 Å². The second-order valence-electron chi connectivity index (χ2n) is 10.1. The van der Waals surface area contributed by atoms with Gasteiger partial charge in [-0.2, -0.15) is 5.26 Å². The Bertz CT molecular complexity index is 1500. The van der Waals surface area contributed by atoms with Crippen LogP contribution in [0.15, 0.2) is 41.4 Å². The molecule has 0 saturated carbocycles. The minimum absolute atomic E-state index is 0.117. The Kier molecular flexibility index (Phi) is 8.23. The molecule has 0 spiro atoms. The molecule has 5 N–H and O–H groups in total. The number of nitrogens with zero attached hydrogens (tertiary/aromatic N) is 3. The van der Waals surface area contributed by atoms with E-state index in [2.05, 4.69) is 4.99 Å². The first-order valence-electron chi connectivity index (χ1n) is 13.0. The second kappa shape index (κ2) is 11.8. The zero-order valence-electron chi connectivity index (χ0n) is 21.6. The maximum absolute atomic E-state index is 15.5. The van der Waals surface area contributed by atoms with Crippen LogP contribution in [0, 0.1) is 23.0 Å². The van der Waals surface area contributed by atoms with Crippen molar-refractivity contribution in [3.05, 3.63) is 64.0 Å². The van der Waals surface area contributed by atoms with Crippen LogP contribution in [0.3, 0.4) is 0 Å². The average molecular weight is 566 g/mol. The van der Waals surface area contributed by atoms with E-state index in [1.54, 1.807) is 23.1 Å². The lowest BCUT2D eigenvalue weighted by atomic mass is 9.98. The Hall–Kier alpha value is -3.69. The summed E-state index contributed by atoms with van der Waals surface area (Å²) in [6.07, 6.45) is 2.91. The van der Waals surface area contributed by atoms with Gasteiger partial charge in [-0.1, -0.05) is 6.07 Å². The van der Waals surface area contributed by atoms with Gasteiger partial charge < -0.3 is 26.2 Å². The molecule has 3 aromatic rings. The van der Waals surface area contributed by atoms with Crippen LogP contribution in [-0.2, 0) is 4.74 Å². The summed E-state index contributed by atoms with van der Waals surface area (Å²) in [7, 11) is 0. The fraction of sp³-hybridized carbons (Fsp3) is 0.345. The van der Waals surface area contributed by atoms with E-state index in [0.717, 1.165) is 24.2 Å². The number of likely N-dealkylation sites (tertiary alicyclic amines) is 1. The lowest BCUT2D eigenvalue weighted by Gasteiger charge is -2.30. The van der Waals surface area contributed by atoms with E-state index in [9.17, 15) is 14.3 Å². The molecule has 2 aliphatic rings. The number of carbonyl (C=O) groups is 1. The lowest BCUT2D eigenvalue weighted by Crippen LogP contribution is -2.45. The highest BCUT2D eigenvalue weighted by Gasteiger charge is 2.27. The van der Waals surface area contributed by atoms with Crippen LogP contribution >= 0.6 is 11.3 Å². The van der Waals surface area contributed by atoms with E-state index >= 15 is 4.39 Å². The number of hydrogen-bond donors (Lipinski definition) is 3. The molecule has 8 nitrogen and oxygen atoms in total. The van der Waals surface area contributed by atoms with Crippen molar-refractivity contribution in [1.29, 1.82) is 5.26 Å². The number of aliphatic imine (C=N–C) groups is 1. The number of hydrogen-bond acceptors (Lipinski definition) is 8. The molecule has 3 atom stereocenters. The quantitative estimate of drug-likeness (QED) is 0.316. The molecule has 1 amide bonds. The van der Waals surface area contributed by atoms with Gasteiger partial charge >= 0.3 is 0 Å². The number of amides is 1. The Morgan fingerprint density at radius 3 is 2.75 bits per heavy atom. The molecule has 1 aromatic heterocycles. The average Bonchev–Trinajstić information content (AvgIpc) is 3.38. The molecule has 2 saturated heterocycles. The van der Waals surface area contributed by atoms with Crippen LogP contribution in [0.2, 0.25) is 0 Å². The van der Waals surface area contributed by atoms with Crippen LogP contribution in [0.25, 0.3) is 21.6 Å². The molecule has 3 unspecified atom stereocenters. The summed E-state index contributed by atoms with van der Waals surface area (Å²) in [6, 6.07) is 9.68. The number of aliphatic hydroxyl groups excluding tert-OH is 1. The molecule has 0 radical (unpaired) electrons. The first-order chi connectivity index (χ1) is 19.2. The van der Waals surface area contributed by atoms with E-state index in [1.165, 1.54) is 30.5 Å². The molecule has 40 heavy (non-hydrogen) atoms. The third kappa shape index (κ3) is 5.76. The van der Waals surface area contributed by atoms with Gasteiger partial charge in [-0.05, 0) is 55.2 Å². The molecule has 11 heteroatoms. The van der Waals surface area contributed by atoms with Gasteiger partial charge in [0.15, 0.2) is 0 Å². The number of nitrogen functional groups attached to an aromatic ring is 1. The Morgan fingerprint density at radius 2 is 2.02 bits per heavy atom. The molecule has 208 valence electrons. The number of halogens is 2. The van der Waals surface area contributed by atoms with Crippen LogP contribution in [0.5, 0.6) is 0 Å². The van der Waals surface area contributed by atoms with Crippen molar-refractivity contribution in [2.24, 2.45) is 10.7 Å². The third-order valence-corrected chi connectivity index (χ3v) is 8.36. The predicted molar refractivity (Wildman–Crippen MR) is 150 cm³/mol. The standard InChI is InChI=1S/C29H29F2N5O3S/c30-22-9-16(3-4-17(22)12-32)20-10-27(29(38)36-6-1-2-19(33)14-36)40-28(20)21-8-18(24(34)11-23(21)31)13-35-25-15-39-7-5-26(25)37/h3-4,8-11,13,19,25-26,37H,1-2,5-7,14-15,33-34H2. The van der Waals surface area contributed by atoms with Gasteiger partial charge in [-0.3, -0.25) is 9.79 Å². The maximum atomic E-state index is 15.5. The second-order valence-corrected chi connectivity index (χ2v) is 11.1. The topological polar surface area (TPSA) is 138 Å². The lowest BCUT2D eigenvalue weighted by molar-refractivity contribution is -0.00220. The zero-order chi connectivity index (χ0) is 28.4. The number of rotatable bonds is 5. The van der Waals surface area contributed by atoms with Crippen molar-refractivity contribution < 1.29 is 23.4 Å². The van der Waals surface area contributed by atoms with E-state index in [0.29, 0.717) is 52.6 Å². The van der Waals surface area contributed by atoms with Crippen molar-refractivity contribution >= 4 is 29.1 Å². The Labute approximate surface area is 234 Å². The van der Waals surface area contributed by atoms with Crippen LogP contribution < -0.4 is 11.5 Å². The van der Waals surface area contributed by atoms with Gasteiger partial charge in [-0.15, -0.1) is 11.3 Å². The maximum Gasteiger partial charge on any atom is 0.264 e. The van der Waals surface area contributed by atoms with Crippen molar-refractivity contribution in [2.45, 2.75) is 37.5 Å². The highest BCUT2D eigenvalue weighted by Crippen LogP contribution is 2.42. The fourth-order valence-corrected chi connectivity index (χ4v) is 6.12. The van der Waals surface area contributed by atoms with Crippen LogP contribution in [0.1, 0.15) is 40.1 Å². The number of anilines is 1. The first-order valence-corrected chi connectivity index (χ1v) is 13.8. The molecule has 3 heterocycles. The molecule has 2 aromatic carbocycles. The van der Waals surface area contributed by atoms with E-state index in [1.807, 2.05) is 0 Å². The summed E-state index contributed by atoms with van der Waals surface area (Å²) in [5.74, 6) is -1.57. The number of carbonyl (C=O) groups excluding carboxylic acids is 1. The molecular formula is C29H29F2N5O3S. The summed E-state index contributed by atoms with van der Waals surface area (Å²) >= 11 is 1.10. The van der Waals surface area contributed by atoms with Gasteiger partial charge in [0.05, 0.1) is 29.2 Å². The van der Waals surface area contributed by atoms with E-state index < -0.39 is 23.8 Å². The molecule has 5 rings (SSSR count). The minimum atomic E-state index is -0.717. The third-order valence-electron chi connectivity index (χ3n) is 7.20. The first kappa shape index (κ1) is 27.9. The molecule has 2 aliphatic heterocycles. The largest absolute Gasteiger partial charge is 0.398 e. The van der Waals surface area contributed by atoms with Gasteiger partial charge in [0.1, 0.15) is 17.7 Å². The van der Waals surface area contributed by atoms with E-state index in [4.69, 9.17) is 21.5 Å². The van der Waals surface area contributed by atoms with Gasteiger partial charge in [0.25, 0.3) is 5.91 Å². The summed E-state index contributed by atoms with van der Waals surface area (Å²) in [5.41, 5.74) is 13.7. The molecule has 2 fully saturated rings. The molecule has 0 aliphatic carbocycles. The van der Waals surface area contributed by atoms with Crippen molar-refractivity contribution in [3.63, 3.8) is 0 Å². The van der Waals surface area contributed by atoms with Gasteiger partial charge in [-0.25, -0.2) is 8.78 Å². The summed E-state index contributed by atoms with van der Waals surface area (Å²) in [4.78, 5) is 20.3. The Balaban J connectivity index is 1.59. The number of benzene rings is 2. The number of ether oxygens (including phenoxy) is 1. The van der Waals surface area contributed by atoms with Crippen molar-refractivity contribution in [3.8, 4) is 27.6 Å². The van der Waals surface area contributed by atoms with Gasteiger partial charge in [0.2, 0.25) is 0 Å². The molecular weight excluding hydrogens is 536 g/mol. The minimum Gasteiger partial charge on any atom is -0.398 e. The van der Waals surface area contributed by atoms with E-state index in [-0.39, 0.29) is 35.4 Å². The Morgan fingerprint density at radius 1 is 1.20 bits per heavy atom. The number of piperidine rings is 1. The number of aliphatic hydroxyl groups is 1. The van der Waals surface area contributed by atoms with Gasteiger partial charge in [0, 0.05) is 59.2 Å². The summed E-state index contributed by atoms with van der Waals surface area (Å²) in [6.45, 7) is 1.70. The number of nitriles is 1. The SMILES string of the molecule is N#Cc1ccc(-c2cc(C(=O)N3CCCC(N)C3)sc2-c2cc(C=NC3COCCC3O)c(N)cc2F)cc1F. The van der Waals surface area contributed by atoms with Crippen molar-refractivity contribution in [1.82, 2.24) is 4.90 Å². The smallest absolute Gasteiger partial charge is 0.264 e. The fourth-order valence-electron chi connectivity index (χ4n) is 4.96. The summed E-state index contributed by atoms with van der Waals surface area (Å²) in [5, 5.41) is 19.4.